The second-order valence-electron chi connectivity index (χ2n) is 12.0. The summed E-state index contributed by atoms with van der Waals surface area (Å²) in [5, 5.41) is 16.1. The number of anilines is 1. The summed E-state index contributed by atoms with van der Waals surface area (Å²) >= 11 is 5.97. The van der Waals surface area contributed by atoms with E-state index in [1.165, 1.54) is 35.6 Å². The van der Waals surface area contributed by atoms with Crippen LogP contribution in [0.25, 0.3) is 0 Å². The molecule has 3 rings (SSSR count). The molecule has 0 saturated carbocycles. The predicted octanol–water partition coefficient (Wildman–Crippen LogP) is 4.99. The Kier molecular flexibility index (Phi) is 13.5. The molecule has 0 fully saturated rings. The van der Waals surface area contributed by atoms with Crippen LogP contribution in [0.1, 0.15) is 64.2 Å². The molecule has 45 heavy (non-hydrogen) atoms. The molecule has 11 nitrogen and oxygen atoms in total. The number of fused-ring (bicyclic) bond motifs is 1. The van der Waals surface area contributed by atoms with Crippen molar-refractivity contribution in [2.75, 3.05) is 38.7 Å². The monoisotopic (exact) mass is 666 g/mol. The van der Waals surface area contributed by atoms with Crippen molar-refractivity contribution in [1.82, 2.24) is 14.5 Å². The maximum atomic E-state index is 14.2. The Morgan fingerprint density at radius 3 is 2.47 bits per heavy atom. The van der Waals surface area contributed by atoms with Gasteiger partial charge in [-0.15, -0.1) is 0 Å². The van der Waals surface area contributed by atoms with E-state index in [0.717, 1.165) is 12.8 Å². The van der Waals surface area contributed by atoms with Gasteiger partial charge >= 0.3 is 6.03 Å². The fraction of sp³-hybridized carbons (Fsp3) is 0.562. The van der Waals surface area contributed by atoms with Crippen LogP contribution in [-0.2, 0) is 14.8 Å². The number of carbonyl (C=O) groups is 2. The fourth-order valence-corrected chi connectivity index (χ4v) is 6.34. The topological polar surface area (TPSA) is 138 Å². The average Bonchev–Trinajstić information content (AvgIpc) is 2.98. The molecule has 0 bridgehead atoms. The Labute approximate surface area is 272 Å². The Hall–Kier alpha value is -2.90. The molecule has 0 unspecified atom stereocenters. The first-order valence-corrected chi connectivity index (χ1v) is 17.2. The minimum Gasteiger partial charge on any atom is -0.490 e. The number of urea groups is 1. The van der Waals surface area contributed by atoms with E-state index >= 15 is 0 Å². The van der Waals surface area contributed by atoms with E-state index in [-0.39, 0.29) is 48.2 Å². The largest absolute Gasteiger partial charge is 0.490 e. The van der Waals surface area contributed by atoms with Gasteiger partial charge in [-0.25, -0.2) is 13.2 Å². The van der Waals surface area contributed by atoms with Crippen molar-refractivity contribution < 1.29 is 32.6 Å². The summed E-state index contributed by atoms with van der Waals surface area (Å²) in [7, 11) is -2.33. The van der Waals surface area contributed by atoms with Gasteiger partial charge in [-0.2, -0.15) is 4.31 Å². The average molecular weight is 667 g/mol. The van der Waals surface area contributed by atoms with Crippen molar-refractivity contribution in [3.8, 4) is 5.75 Å². The molecule has 250 valence electrons. The number of sulfonamides is 1. The summed E-state index contributed by atoms with van der Waals surface area (Å²) in [4.78, 5) is 28.3. The number of rotatable bonds is 8. The number of amides is 3. The molecule has 3 N–H and O–H groups in total. The molecule has 3 amide bonds. The zero-order valence-electron chi connectivity index (χ0n) is 27.0. The summed E-state index contributed by atoms with van der Waals surface area (Å²) in [6, 6.07) is 9.88. The van der Waals surface area contributed by atoms with Gasteiger partial charge in [0.1, 0.15) is 5.75 Å². The first kappa shape index (κ1) is 36.6. The van der Waals surface area contributed by atoms with Crippen LogP contribution in [0.3, 0.4) is 0 Å². The molecule has 0 aliphatic carbocycles. The van der Waals surface area contributed by atoms with Crippen LogP contribution in [0, 0.1) is 5.92 Å². The van der Waals surface area contributed by atoms with Crippen molar-refractivity contribution >= 4 is 39.2 Å². The number of likely N-dealkylation sites (N-methyl/N-ethyl adjacent to an activating group) is 1. The maximum absolute atomic E-state index is 14.2. The number of hydrogen-bond acceptors (Lipinski definition) is 7. The molecular formula is C32H47ClN4O7S. The number of aliphatic hydroxyl groups is 1. The van der Waals surface area contributed by atoms with Gasteiger partial charge in [0.15, 0.2) is 0 Å². The molecule has 2 aromatic carbocycles. The standard InChI is InChI=1S/C32H47ClN4O7S/c1-21(2)34-32(40)35-26-12-15-29-28(17-26)31(39)37(23(4)20-38)18-22(3)30(43-16-8-7-9-24(5)44-29)19-36(6)45(41,42)27-13-10-25(33)11-14-27/h10-15,17,21-24,30,38H,7-9,16,18-20H2,1-6H3,(H2,34,35,40)/t22-,23-,24+,30-/m0/s1. The number of benzene rings is 2. The molecular weight excluding hydrogens is 620 g/mol. The van der Waals surface area contributed by atoms with E-state index in [1.807, 2.05) is 27.7 Å². The highest BCUT2D eigenvalue weighted by molar-refractivity contribution is 7.89. The van der Waals surface area contributed by atoms with Gasteiger partial charge < -0.3 is 30.1 Å². The van der Waals surface area contributed by atoms with Crippen molar-refractivity contribution in [3.63, 3.8) is 0 Å². The number of aliphatic hydroxyl groups excluding tert-OH is 1. The molecule has 1 aliphatic rings. The molecule has 1 heterocycles. The van der Waals surface area contributed by atoms with E-state index in [0.29, 0.717) is 29.5 Å². The van der Waals surface area contributed by atoms with E-state index in [1.54, 1.807) is 30.0 Å². The summed E-state index contributed by atoms with van der Waals surface area (Å²) in [5.74, 6) is -0.338. The van der Waals surface area contributed by atoms with Crippen LogP contribution in [0.4, 0.5) is 10.5 Å². The molecule has 0 spiro atoms. The Morgan fingerprint density at radius 2 is 1.82 bits per heavy atom. The first-order chi connectivity index (χ1) is 21.2. The number of ether oxygens (including phenoxy) is 2. The Morgan fingerprint density at radius 1 is 1.13 bits per heavy atom. The van der Waals surface area contributed by atoms with Gasteiger partial charge in [-0.1, -0.05) is 18.5 Å². The number of nitrogens with one attached hydrogen (secondary N) is 2. The minimum absolute atomic E-state index is 0.0524. The van der Waals surface area contributed by atoms with Crippen LogP contribution in [0.15, 0.2) is 47.4 Å². The van der Waals surface area contributed by atoms with E-state index < -0.39 is 34.1 Å². The highest BCUT2D eigenvalue weighted by Crippen LogP contribution is 2.29. The van der Waals surface area contributed by atoms with Crippen molar-refractivity contribution in [2.24, 2.45) is 5.92 Å². The van der Waals surface area contributed by atoms with Crippen LogP contribution < -0.4 is 15.4 Å². The quantitative estimate of drug-likeness (QED) is 0.361. The summed E-state index contributed by atoms with van der Waals surface area (Å²) in [6.45, 7) is 9.59. The van der Waals surface area contributed by atoms with Gasteiger partial charge in [0.2, 0.25) is 10.0 Å². The van der Waals surface area contributed by atoms with Crippen LogP contribution >= 0.6 is 11.6 Å². The molecule has 0 aromatic heterocycles. The van der Waals surface area contributed by atoms with Crippen LogP contribution in [-0.4, -0.2) is 92.3 Å². The number of halogens is 1. The molecule has 1 aliphatic heterocycles. The van der Waals surface area contributed by atoms with Gasteiger partial charge in [0, 0.05) is 49.4 Å². The molecule has 13 heteroatoms. The summed E-state index contributed by atoms with van der Waals surface area (Å²) in [6.07, 6.45) is 1.47. The second-order valence-corrected chi connectivity index (χ2v) is 14.5. The number of hydrogen-bond donors (Lipinski definition) is 3. The predicted molar refractivity (Wildman–Crippen MR) is 175 cm³/mol. The van der Waals surface area contributed by atoms with Crippen molar-refractivity contribution in [1.29, 1.82) is 0 Å². The smallest absolute Gasteiger partial charge is 0.319 e. The number of carbonyl (C=O) groups excluding carboxylic acids is 2. The number of nitrogens with zero attached hydrogens (tertiary/aromatic N) is 2. The van der Waals surface area contributed by atoms with Crippen LogP contribution in [0.5, 0.6) is 5.75 Å². The third-order valence-electron chi connectivity index (χ3n) is 7.69. The zero-order chi connectivity index (χ0) is 33.3. The van der Waals surface area contributed by atoms with Gasteiger partial charge in [-0.05, 0) is 89.4 Å². The molecule has 2 aromatic rings. The highest BCUT2D eigenvalue weighted by atomic mass is 35.5. The summed E-state index contributed by atoms with van der Waals surface area (Å²) in [5.41, 5.74) is 0.658. The second kappa shape index (κ2) is 16.6. The van der Waals surface area contributed by atoms with Gasteiger partial charge in [0.05, 0.1) is 35.3 Å². The first-order valence-electron chi connectivity index (χ1n) is 15.4. The normalized spacial score (nSPS) is 21.1. The zero-order valence-corrected chi connectivity index (χ0v) is 28.5. The molecule has 4 atom stereocenters. The van der Waals surface area contributed by atoms with Crippen LogP contribution in [0.2, 0.25) is 5.02 Å². The highest BCUT2D eigenvalue weighted by Gasteiger charge is 2.32. The van der Waals surface area contributed by atoms with E-state index in [9.17, 15) is 23.1 Å². The van der Waals surface area contributed by atoms with Gasteiger partial charge in [0.25, 0.3) is 5.91 Å². The van der Waals surface area contributed by atoms with Gasteiger partial charge in [-0.3, -0.25) is 4.79 Å². The third-order valence-corrected chi connectivity index (χ3v) is 9.78. The Balaban J connectivity index is 1.96. The Bertz CT molecular complexity index is 1390. The fourth-order valence-electron chi connectivity index (χ4n) is 5.03. The third kappa shape index (κ3) is 10.3. The lowest BCUT2D eigenvalue weighted by molar-refractivity contribution is -0.00833. The van der Waals surface area contributed by atoms with E-state index in [2.05, 4.69) is 10.6 Å². The summed E-state index contributed by atoms with van der Waals surface area (Å²) < 4.78 is 40.5. The van der Waals surface area contributed by atoms with E-state index in [4.69, 9.17) is 21.1 Å². The lowest BCUT2D eigenvalue weighted by Gasteiger charge is -2.35. The SMILES string of the molecule is CC(C)NC(=O)Nc1ccc2c(c1)C(=O)N([C@@H](C)CO)C[C@H](C)[C@H](CN(C)S(=O)(=O)c1ccc(Cl)cc1)OCCCC[C@@H](C)O2. The minimum atomic E-state index is -3.84. The van der Waals surface area contributed by atoms with Crippen molar-refractivity contribution in [2.45, 2.75) is 83.1 Å². The lowest BCUT2D eigenvalue weighted by atomic mass is 10.0. The lowest BCUT2D eigenvalue weighted by Crippen LogP contribution is -2.48. The maximum Gasteiger partial charge on any atom is 0.319 e. The molecule has 0 saturated heterocycles. The van der Waals surface area contributed by atoms with Crippen molar-refractivity contribution in [3.05, 3.63) is 53.1 Å². The molecule has 0 radical (unpaired) electrons.